The highest BCUT2D eigenvalue weighted by Gasteiger charge is 2.21. The Hall–Kier alpha value is -1.43. The molecule has 1 aliphatic rings. The molecule has 0 bridgehead atoms. The zero-order chi connectivity index (χ0) is 16.9. The van der Waals surface area contributed by atoms with Gasteiger partial charge in [-0.25, -0.2) is 4.39 Å². The fourth-order valence-corrected chi connectivity index (χ4v) is 4.02. The second-order valence-corrected chi connectivity index (χ2v) is 7.71. The predicted molar refractivity (Wildman–Crippen MR) is 97.0 cm³/mol. The molecule has 24 heavy (non-hydrogen) atoms. The van der Waals surface area contributed by atoms with E-state index in [-0.39, 0.29) is 11.9 Å². The van der Waals surface area contributed by atoms with Gasteiger partial charge in [-0.2, -0.15) is 0 Å². The van der Waals surface area contributed by atoms with Crippen LogP contribution in [-0.4, -0.2) is 43.1 Å². The molecular formula is C19H25FN2OS. The van der Waals surface area contributed by atoms with E-state index in [0.29, 0.717) is 5.75 Å². The molecule has 3 rings (SSSR count). The van der Waals surface area contributed by atoms with Crippen molar-refractivity contribution in [3.8, 4) is 5.75 Å². The summed E-state index contributed by atoms with van der Waals surface area (Å²) in [5.41, 5.74) is 1.39. The van der Waals surface area contributed by atoms with E-state index >= 15 is 0 Å². The first-order valence-electron chi connectivity index (χ1n) is 8.44. The van der Waals surface area contributed by atoms with Gasteiger partial charge in [0.05, 0.1) is 0 Å². The summed E-state index contributed by atoms with van der Waals surface area (Å²) in [6, 6.07) is 8.75. The van der Waals surface area contributed by atoms with Gasteiger partial charge in [0.15, 0.2) is 0 Å². The Morgan fingerprint density at radius 3 is 2.75 bits per heavy atom. The van der Waals surface area contributed by atoms with E-state index in [9.17, 15) is 4.39 Å². The van der Waals surface area contributed by atoms with E-state index < -0.39 is 0 Å². The third-order valence-corrected chi connectivity index (χ3v) is 5.19. The van der Waals surface area contributed by atoms with Gasteiger partial charge in [-0.1, -0.05) is 6.07 Å². The first-order valence-corrected chi connectivity index (χ1v) is 9.32. The molecule has 0 aliphatic carbocycles. The molecule has 1 aliphatic heterocycles. The SMILES string of the molecule is CN(C)Cc1csc(CN2CCC(Oc3cccc(F)c3)CC2)c1. The number of likely N-dealkylation sites (tertiary alicyclic amines) is 1. The molecule has 0 atom stereocenters. The quantitative estimate of drug-likeness (QED) is 0.785. The lowest BCUT2D eigenvalue weighted by molar-refractivity contribution is 0.0971. The summed E-state index contributed by atoms with van der Waals surface area (Å²) in [7, 11) is 4.20. The number of halogens is 1. The summed E-state index contributed by atoms with van der Waals surface area (Å²) in [6.45, 7) is 4.08. The average Bonchev–Trinajstić information content (AvgIpc) is 2.95. The zero-order valence-electron chi connectivity index (χ0n) is 14.4. The van der Waals surface area contributed by atoms with Crippen molar-refractivity contribution in [3.63, 3.8) is 0 Å². The number of ether oxygens (including phenoxy) is 1. The minimum Gasteiger partial charge on any atom is -0.490 e. The number of hydrogen-bond donors (Lipinski definition) is 0. The summed E-state index contributed by atoms with van der Waals surface area (Å²) in [4.78, 5) is 6.11. The minimum absolute atomic E-state index is 0.190. The van der Waals surface area contributed by atoms with Crippen LogP contribution in [0.2, 0.25) is 0 Å². The molecule has 5 heteroatoms. The highest BCUT2D eigenvalue weighted by atomic mass is 32.1. The van der Waals surface area contributed by atoms with Crippen molar-refractivity contribution in [2.45, 2.75) is 32.0 Å². The van der Waals surface area contributed by atoms with Crippen LogP contribution in [-0.2, 0) is 13.1 Å². The van der Waals surface area contributed by atoms with Gasteiger partial charge in [0.25, 0.3) is 0 Å². The number of rotatable bonds is 6. The highest BCUT2D eigenvalue weighted by molar-refractivity contribution is 7.10. The van der Waals surface area contributed by atoms with E-state index in [4.69, 9.17) is 4.74 Å². The van der Waals surface area contributed by atoms with Crippen LogP contribution in [0.5, 0.6) is 5.75 Å². The molecular weight excluding hydrogens is 323 g/mol. The molecule has 2 heterocycles. The van der Waals surface area contributed by atoms with Crippen LogP contribution in [0.1, 0.15) is 23.3 Å². The molecule has 0 radical (unpaired) electrons. The Bertz CT molecular complexity index is 650. The maximum atomic E-state index is 13.2. The van der Waals surface area contributed by atoms with Crippen molar-refractivity contribution in [1.82, 2.24) is 9.80 Å². The molecule has 1 fully saturated rings. The van der Waals surface area contributed by atoms with Gasteiger partial charge in [-0.3, -0.25) is 4.90 Å². The van der Waals surface area contributed by atoms with E-state index in [1.807, 2.05) is 17.4 Å². The van der Waals surface area contributed by atoms with Crippen LogP contribution in [0.25, 0.3) is 0 Å². The Balaban J connectivity index is 1.46. The maximum absolute atomic E-state index is 13.2. The third-order valence-electron chi connectivity index (χ3n) is 4.22. The van der Waals surface area contributed by atoms with E-state index in [0.717, 1.165) is 39.0 Å². The summed E-state index contributed by atoms with van der Waals surface area (Å²) >= 11 is 1.85. The molecule has 1 aromatic carbocycles. The lowest BCUT2D eigenvalue weighted by atomic mass is 10.1. The zero-order valence-corrected chi connectivity index (χ0v) is 15.2. The molecule has 0 unspecified atom stereocenters. The number of piperidine rings is 1. The number of benzene rings is 1. The fraction of sp³-hybridized carbons (Fsp3) is 0.474. The van der Waals surface area contributed by atoms with Crippen LogP contribution in [0, 0.1) is 5.82 Å². The Morgan fingerprint density at radius 1 is 1.25 bits per heavy atom. The van der Waals surface area contributed by atoms with Crippen LogP contribution >= 0.6 is 11.3 Å². The summed E-state index contributed by atoms with van der Waals surface area (Å²) in [6.07, 6.45) is 2.18. The molecule has 1 saturated heterocycles. The van der Waals surface area contributed by atoms with Crippen LogP contribution in [0.4, 0.5) is 4.39 Å². The van der Waals surface area contributed by atoms with Gasteiger partial charge >= 0.3 is 0 Å². The molecule has 0 N–H and O–H groups in total. The fourth-order valence-electron chi connectivity index (χ4n) is 3.10. The highest BCUT2D eigenvalue weighted by Crippen LogP contribution is 2.23. The van der Waals surface area contributed by atoms with E-state index in [1.54, 1.807) is 6.07 Å². The van der Waals surface area contributed by atoms with Crippen molar-refractivity contribution in [2.75, 3.05) is 27.2 Å². The maximum Gasteiger partial charge on any atom is 0.126 e. The van der Waals surface area contributed by atoms with Gasteiger partial charge in [-0.05, 0) is 56.1 Å². The summed E-state index contributed by atoms with van der Waals surface area (Å²) < 4.78 is 19.1. The van der Waals surface area contributed by atoms with Gasteiger partial charge in [0.2, 0.25) is 0 Å². The number of hydrogen-bond acceptors (Lipinski definition) is 4. The topological polar surface area (TPSA) is 15.7 Å². The molecule has 130 valence electrons. The normalized spacial score (nSPS) is 16.7. The number of nitrogens with zero attached hydrogens (tertiary/aromatic N) is 2. The molecule has 2 aromatic rings. The lowest BCUT2D eigenvalue weighted by Crippen LogP contribution is -2.37. The van der Waals surface area contributed by atoms with Crippen molar-refractivity contribution in [2.24, 2.45) is 0 Å². The van der Waals surface area contributed by atoms with Crippen LogP contribution in [0.15, 0.2) is 35.7 Å². The predicted octanol–water partition coefficient (Wildman–Crippen LogP) is 3.99. The van der Waals surface area contributed by atoms with E-state index in [1.165, 1.54) is 22.6 Å². The van der Waals surface area contributed by atoms with Gasteiger partial charge < -0.3 is 9.64 Å². The smallest absolute Gasteiger partial charge is 0.126 e. The van der Waals surface area contributed by atoms with Crippen molar-refractivity contribution in [1.29, 1.82) is 0 Å². The van der Waals surface area contributed by atoms with Gasteiger partial charge in [-0.15, -0.1) is 11.3 Å². The Labute approximate surface area is 147 Å². The molecule has 0 spiro atoms. The third kappa shape index (κ3) is 5.03. The van der Waals surface area contributed by atoms with Gasteiger partial charge in [0.1, 0.15) is 17.7 Å². The summed E-state index contributed by atoms with van der Waals surface area (Å²) in [5.74, 6) is 0.399. The van der Waals surface area contributed by atoms with Crippen LogP contribution in [0.3, 0.4) is 0 Å². The van der Waals surface area contributed by atoms with Gasteiger partial charge in [0, 0.05) is 37.1 Å². The molecule has 0 saturated carbocycles. The van der Waals surface area contributed by atoms with Crippen molar-refractivity contribution >= 4 is 11.3 Å². The Kier molecular flexibility index (Phi) is 5.87. The van der Waals surface area contributed by atoms with E-state index in [2.05, 4.69) is 35.3 Å². The Morgan fingerprint density at radius 2 is 2.04 bits per heavy atom. The second kappa shape index (κ2) is 8.10. The lowest BCUT2D eigenvalue weighted by Gasteiger charge is -2.31. The molecule has 0 amide bonds. The van der Waals surface area contributed by atoms with Crippen LogP contribution < -0.4 is 4.74 Å². The monoisotopic (exact) mass is 348 g/mol. The number of thiophene rings is 1. The average molecular weight is 348 g/mol. The first-order chi connectivity index (χ1) is 11.6. The van der Waals surface area contributed by atoms with Crippen molar-refractivity contribution < 1.29 is 9.13 Å². The summed E-state index contributed by atoms with van der Waals surface area (Å²) in [5, 5.41) is 2.26. The second-order valence-electron chi connectivity index (χ2n) is 6.71. The van der Waals surface area contributed by atoms with Crippen molar-refractivity contribution in [3.05, 3.63) is 52.0 Å². The molecule has 1 aromatic heterocycles. The molecule has 3 nitrogen and oxygen atoms in total. The standard InChI is InChI=1S/C19H25FN2OS/c1-21(2)12-15-10-19(24-14-15)13-22-8-6-17(7-9-22)23-18-5-3-4-16(20)11-18/h3-5,10-11,14,17H,6-9,12-13H2,1-2H3. The minimum atomic E-state index is -0.240. The largest absolute Gasteiger partial charge is 0.490 e. The first kappa shape index (κ1) is 17.4.